The van der Waals surface area contributed by atoms with Gasteiger partial charge in [-0.3, -0.25) is 9.78 Å². The van der Waals surface area contributed by atoms with Crippen molar-refractivity contribution < 1.29 is 14.3 Å². The average molecular weight is 235 g/mol. The van der Waals surface area contributed by atoms with Gasteiger partial charge in [-0.15, -0.1) is 0 Å². The first kappa shape index (κ1) is 13.2. The summed E-state index contributed by atoms with van der Waals surface area (Å²) in [6.07, 6.45) is 4.37. The number of ether oxygens (including phenoxy) is 1. The van der Waals surface area contributed by atoms with E-state index in [4.69, 9.17) is 4.74 Å². The van der Waals surface area contributed by atoms with Crippen LogP contribution in [0.1, 0.15) is 19.4 Å². The van der Waals surface area contributed by atoms with Crippen LogP contribution in [0.2, 0.25) is 0 Å². The molecule has 0 bridgehead atoms. The normalized spacial score (nSPS) is 11.9. The van der Waals surface area contributed by atoms with Crippen LogP contribution in [0.15, 0.2) is 24.5 Å². The predicted octanol–water partition coefficient (Wildman–Crippen LogP) is 1.44. The number of aromatic nitrogens is 1. The number of carbonyl (C=O) groups is 1. The maximum Gasteiger partial charge on any atom is 0.408 e. The Labute approximate surface area is 100 Å². The van der Waals surface area contributed by atoms with E-state index in [1.165, 1.54) is 0 Å². The Morgan fingerprint density at radius 2 is 2.12 bits per heavy atom. The molecule has 17 heavy (non-hydrogen) atoms. The van der Waals surface area contributed by atoms with E-state index in [1.807, 2.05) is 13.8 Å². The minimum Gasteiger partial charge on any atom is -0.445 e. The van der Waals surface area contributed by atoms with Crippen molar-refractivity contribution in [3.63, 3.8) is 0 Å². The smallest absolute Gasteiger partial charge is 0.408 e. The zero-order valence-electron chi connectivity index (χ0n) is 9.84. The quantitative estimate of drug-likeness (QED) is 0.838. The third kappa shape index (κ3) is 4.63. The summed E-state index contributed by atoms with van der Waals surface area (Å²) in [6, 6.07) is 2.86. The van der Waals surface area contributed by atoms with Crippen LogP contribution in [-0.4, -0.2) is 23.4 Å². The van der Waals surface area contributed by atoms with Gasteiger partial charge in [0.1, 0.15) is 12.6 Å². The van der Waals surface area contributed by atoms with Crippen LogP contribution in [0.3, 0.4) is 0 Å². The number of amides is 1. The van der Waals surface area contributed by atoms with E-state index in [0.717, 1.165) is 5.56 Å². The van der Waals surface area contributed by atoms with E-state index < -0.39 is 12.1 Å². The van der Waals surface area contributed by atoms with Gasteiger partial charge in [0, 0.05) is 12.4 Å². The highest BCUT2D eigenvalue weighted by atomic mass is 16.5. The summed E-state index contributed by atoms with van der Waals surface area (Å²) in [5, 5.41) is 2.44. The second kappa shape index (κ2) is 6.62. The predicted molar refractivity (Wildman–Crippen MR) is 61.9 cm³/mol. The standard InChI is InChI=1S/C12H15N2O3/c1-9(2)11(7-15)14-12(16)17-8-10-3-5-13-6-4-10/h3-6,9,11H,8H2,1-2H3,(H,14,16). The van der Waals surface area contributed by atoms with Gasteiger partial charge in [0.2, 0.25) is 6.29 Å². The first-order valence-corrected chi connectivity index (χ1v) is 5.33. The second-order valence-corrected chi connectivity index (χ2v) is 3.92. The van der Waals surface area contributed by atoms with Gasteiger partial charge in [-0.05, 0) is 23.6 Å². The van der Waals surface area contributed by atoms with Crippen LogP contribution < -0.4 is 5.32 Å². The van der Waals surface area contributed by atoms with Crippen molar-refractivity contribution in [1.82, 2.24) is 10.3 Å². The molecule has 0 aliphatic rings. The maximum absolute atomic E-state index is 11.4. The Morgan fingerprint density at radius 3 is 2.65 bits per heavy atom. The topological polar surface area (TPSA) is 68.3 Å². The number of hydrogen-bond donors (Lipinski definition) is 1. The van der Waals surface area contributed by atoms with Gasteiger partial charge in [-0.25, -0.2) is 4.79 Å². The molecule has 0 aromatic carbocycles. The summed E-state index contributed by atoms with van der Waals surface area (Å²) in [5.41, 5.74) is 0.839. The summed E-state index contributed by atoms with van der Waals surface area (Å²) >= 11 is 0. The number of carbonyl (C=O) groups excluding carboxylic acids is 2. The lowest BCUT2D eigenvalue weighted by atomic mass is 10.1. The fourth-order valence-electron chi connectivity index (χ4n) is 1.13. The highest BCUT2D eigenvalue weighted by Crippen LogP contribution is 2.01. The van der Waals surface area contributed by atoms with Crippen LogP contribution in [0.5, 0.6) is 0 Å². The summed E-state index contributed by atoms with van der Waals surface area (Å²) < 4.78 is 4.95. The Balaban J connectivity index is 2.37. The number of rotatable bonds is 5. The fourth-order valence-corrected chi connectivity index (χ4v) is 1.13. The number of pyridine rings is 1. The highest BCUT2D eigenvalue weighted by Gasteiger charge is 2.16. The molecule has 1 amide bonds. The van der Waals surface area contributed by atoms with E-state index in [9.17, 15) is 9.59 Å². The van der Waals surface area contributed by atoms with Gasteiger partial charge >= 0.3 is 6.09 Å². The summed E-state index contributed by atoms with van der Waals surface area (Å²) in [5.74, 6) is -0.0130. The molecular weight excluding hydrogens is 220 g/mol. The zero-order valence-corrected chi connectivity index (χ0v) is 9.84. The Hall–Kier alpha value is -1.91. The molecule has 5 nitrogen and oxygen atoms in total. The van der Waals surface area contributed by atoms with Gasteiger partial charge in [-0.2, -0.15) is 0 Å². The lowest BCUT2D eigenvalue weighted by Crippen LogP contribution is -2.39. The molecule has 5 heteroatoms. The summed E-state index contributed by atoms with van der Waals surface area (Å²) in [6.45, 7) is 3.79. The van der Waals surface area contributed by atoms with Gasteiger partial charge in [-0.1, -0.05) is 13.8 Å². The lowest BCUT2D eigenvalue weighted by Gasteiger charge is -2.15. The Morgan fingerprint density at radius 1 is 1.47 bits per heavy atom. The van der Waals surface area contributed by atoms with Crippen LogP contribution >= 0.6 is 0 Å². The molecule has 1 atom stereocenters. The molecule has 0 saturated carbocycles. The van der Waals surface area contributed by atoms with Gasteiger partial charge in [0.15, 0.2) is 0 Å². The number of hydrogen-bond acceptors (Lipinski definition) is 4. The van der Waals surface area contributed by atoms with Crippen molar-refractivity contribution in [2.45, 2.75) is 26.5 Å². The molecule has 91 valence electrons. The highest BCUT2D eigenvalue weighted by molar-refractivity contribution is 5.73. The van der Waals surface area contributed by atoms with E-state index >= 15 is 0 Å². The molecule has 0 saturated heterocycles. The molecule has 0 fully saturated rings. The first-order valence-electron chi connectivity index (χ1n) is 5.33. The van der Waals surface area contributed by atoms with Crippen molar-refractivity contribution in [3.05, 3.63) is 30.1 Å². The molecular formula is C12H15N2O3. The molecule has 1 unspecified atom stereocenters. The summed E-state index contributed by atoms with van der Waals surface area (Å²) in [7, 11) is 0. The van der Waals surface area contributed by atoms with E-state index in [-0.39, 0.29) is 12.5 Å². The van der Waals surface area contributed by atoms with E-state index in [2.05, 4.69) is 10.3 Å². The SMILES string of the molecule is CC(C)C([C]=O)NC(=O)OCc1ccncc1. The van der Waals surface area contributed by atoms with Gasteiger partial charge in [0.05, 0.1) is 0 Å². The summed E-state index contributed by atoms with van der Waals surface area (Å²) in [4.78, 5) is 25.8. The Kier molecular flexibility index (Phi) is 5.13. The molecule has 0 spiro atoms. The average Bonchev–Trinajstić information content (AvgIpc) is 2.34. The van der Waals surface area contributed by atoms with E-state index in [0.29, 0.717) is 0 Å². The molecule has 1 N–H and O–H groups in total. The van der Waals surface area contributed by atoms with Gasteiger partial charge in [0.25, 0.3) is 0 Å². The molecule has 1 aromatic heterocycles. The van der Waals surface area contributed by atoms with Gasteiger partial charge < -0.3 is 10.1 Å². The number of alkyl carbamates (subject to hydrolysis) is 1. The Bertz CT molecular complexity index is 365. The van der Waals surface area contributed by atoms with Crippen LogP contribution in [-0.2, 0) is 16.1 Å². The van der Waals surface area contributed by atoms with Crippen LogP contribution in [0, 0.1) is 5.92 Å². The van der Waals surface area contributed by atoms with E-state index in [1.54, 1.807) is 30.8 Å². The lowest BCUT2D eigenvalue weighted by molar-refractivity contribution is 0.136. The number of nitrogens with zero attached hydrogens (tertiary/aromatic N) is 1. The minimum atomic E-state index is -0.639. The van der Waals surface area contributed by atoms with Crippen LogP contribution in [0.25, 0.3) is 0 Å². The fraction of sp³-hybridized carbons (Fsp3) is 0.417. The van der Waals surface area contributed by atoms with Crippen molar-refractivity contribution >= 4 is 12.4 Å². The van der Waals surface area contributed by atoms with Crippen molar-refractivity contribution in [3.8, 4) is 0 Å². The minimum absolute atomic E-state index is 0.0130. The molecule has 0 aliphatic carbocycles. The largest absolute Gasteiger partial charge is 0.445 e. The number of nitrogens with one attached hydrogen (secondary N) is 1. The van der Waals surface area contributed by atoms with Crippen molar-refractivity contribution in [2.24, 2.45) is 5.92 Å². The molecule has 1 aromatic rings. The van der Waals surface area contributed by atoms with Crippen LogP contribution in [0.4, 0.5) is 4.79 Å². The van der Waals surface area contributed by atoms with Crippen molar-refractivity contribution in [1.29, 1.82) is 0 Å². The molecule has 1 heterocycles. The maximum atomic E-state index is 11.4. The zero-order chi connectivity index (χ0) is 12.7. The molecule has 0 aliphatic heterocycles. The monoisotopic (exact) mass is 235 g/mol. The third-order valence-corrected chi connectivity index (χ3v) is 2.19. The molecule has 1 rings (SSSR count). The molecule has 1 radical (unpaired) electrons. The van der Waals surface area contributed by atoms with Crippen molar-refractivity contribution in [2.75, 3.05) is 0 Å². The second-order valence-electron chi connectivity index (χ2n) is 3.92. The first-order chi connectivity index (χ1) is 8.13. The third-order valence-electron chi connectivity index (χ3n) is 2.19.